The molecule has 0 amide bonds. The largest absolute Gasteiger partial charge is 0.508 e. The number of nitrogens with zero attached hydrogens (tertiary/aromatic N) is 1. The predicted molar refractivity (Wildman–Crippen MR) is 144 cm³/mol. The highest BCUT2D eigenvalue weighted by Gasteiger charge is 2.53. The Morgan fingerprint density at radius 1 is 0.757 bits per heavy atom. The quantitative estimate of drug-likeness (QED) is 0.302. The number of hydrogen-bond acceptors (Lipinski definition) is 5. The lowest BCUT2D eigenvalue weighted by atomic mass is 9.68. The lowest BCUT2D eigenvalue weighted by molar-refractivity contribution is 0.176. The van der Waals surface area contributed by atoms with Gasteiger partial charge in [-0.2, -0.15) is 0 Å². The number of phenols is 4. The first kappa shape index (κ1) is 23.2. The molecule has 0 bridgehead atoms. The van der Waals surface area contributed by atoms with Crippen molar-refractivity contribution in [2.45, 2.75) is 24.3 Å². The first-order chi connectivity index (χ1) is 17.9. The van der Waals surface area contributed by atoms with Gasteiger partial charge in [0.1, 0.15) is 23.0 Å². The highest BCUT2D eigenvalue weighted by Crippen LogP contribution is 2.54. The molecule has 0 fully saturated rings. The van der Waals surface area contributed by atoms with Gasteiger partial charge in [0.05, 0.1) is 5.41 Å². The van der Waals surface area contributed by atoms with Gasteiger partial charge < -0.3 is 20.4 Å². The smallest absolute Gasteiger partial charge is 0.120 e. The summed E-state index contributed by atoms with van der Waals surface area (Å²) in [5, 5.41) is 41.7. The van der Waals surface area contributed by atoms with E-state index in [2.05, 4.69) is 17.0 Å². The van der Waals surface area contributed by atoms with Gasteiger partial charge in [0.2, 0.25) is 0 Å². The summed E-state index contributed by atoms with van der Waals surface area (Å²) < 4.78 is 0. The van der Waals surface area contributed by atoms with Crippen LogP contribution in [0.1, 0.15) is 27.8 Å². The maximum Gasteiger partial charge on any atom is 0.120 e. The van der Waals surface area contributed by atoms with Crippen LogP contribution in [0, 0.1) is 0 Å². The van der Waals surface area contributed by atoms with E-state index in [9.17, 15) is 20.4 Å². The SMILES string of the molecule is Oc1ccc(CCN2CC(c3cccc(O)c3)=C[C@]3(c4cccc(O)c4)c4c(O)cccc4C[C@H]23)cc1. The molecule has 37 heavy (non-hydrogen) atoms. The fraction of sp³-hybridized carbons (Fsp3) is 0.188. The van der Waals surface area contributed by atoms with Gasteiger partial charge in [-0.25, -0.2) is 0 Å². The van der Waals surface area contributed by atoms with E-state index in [-0.39, 0.29) is 29.0 Å². The van der Waals surface area contributed by atoms with E-state index in [4.69, 9.17) is 0 Å². The van der Waals surface area contributed by atoms with E-state index in [0.29, 0.717) is 6.54 Å². The number of phenolic OH excluding ortho intramolecular Hbond substituents is 4. The molecule has 5 nitrogen and oxygen atoms in total. The number of rotatable bonds is 5. The Kier molecular flexibility index (Phi) is 5.65. The van der Waals surface area contributed by atoms with Gasteiger partial charge in [0.15, 0.2) is 0 Å². The lowest BCUT2D eigenvalue weighted by Crippen LogP contribution is -2.52. The first-order valence-corrected chi connectivity index (χ1v) is 12.6. The summed E-state index contributed by atoms with van der Waals surface area (Å²) in [6.45, 7) is 1.45. The molecule has 0 saturated carbocycles. The van der Waals surface area contributed by atoms with Crippen molar-refractivity contribution in [3.63, 3.8) is 0 Å². The van der Waals surface area contributed by atoms with Crippen LogP contribution in [-0.4, -0.2) is 44.5 Å². The minimum Gasteiger partial charge on any atom is -0.508 e. The fourth-order valence-electron chi connectivity index (χ4n) is 6.24. The first-order valence-electron chi connectivity index (χ1n) is 12.6. The number of fused-ring (bicyclic) bond motifs is 3. The van der Waals surface area contributed by atoms with Crippen LogP contribution in [0.3, 0.4) is 0 Å². The highest BCUT2D eigenvalue weighted by atomic mass is 16.3. The average molecular weight is 492 g/mol. The molecule has 4 aromatic carbocycles. The zero-order valence-corrected chi connectivity index (χ0v) is 20.4. The summed E-state index contributed by atoms with van der Waals surface area (Å²) in [5.74, 6) is 0.885. The second-order valence-electron chi connectivity index (χ2n) is 10.1. The Balaban J connectivity index is 1.53. The van der Waals surface area contributed by atoms with Gasteiger partial charge in [0.25, 0.3) is 0 Å². The van der Waals surface area contributed by atoms with E-state index < -0.39 is 5.41 Å². The molecule has 4 aromatic rings. The van der Waals surface area contributed by atoms with E-state index >= 15 is 0 Å². The van der Waals surface area contributed by atoms with E-state index in [1.54, 1.807) is 42.5 Å². The van der Waals surface area contributed by atoms with Gasteiger partial charge in [-0.15, -0.1) is 0 Å². The molecule has 0 saturated heterocycles. The molecule has 4 N–H and O–H groups in total. The van der Waals surface area contributed by atoms with Crippen molar-refractivity contribution < 1.29 is 20.4 Å². The fourth-order valence-corrected chi connectivity index (χ4v) is 6.24. The molecule has 5 heteroatoms. The molecule has 2 atom stereocenters. The molecule has 1 aliphatic heterocycles. The summed E-state index contributed by atoms with van der Waals surface area (Å²) in [4.78, 5) is 2.45. The number of benzene rings is 4. The Hall–Kier alpha value is -4.22. The van der Waals surface area contributed by atoms with E-state index in [1.165, 1.54) is 0 Å². The molecular weight excluding hydrogens is 462 g/mol. The third-order valence-electron chi connectivity index (χ3n) is 7.86. The molecular formula is C32H29NO4. The highest BCUT2D eigenvalue weighted by molar-refractivity contribution is 5.75. The van der Waals surface area contributed by atoms with Crippen LogP contribution < -0.4 is 0 Å². The van der Waals surface area contributed by atoms with Gasteiger partial charge in [-0.05, 0) is 83.1 Å². The zero-order chi connectivity index (χ0) is 25.6. The molecule has 2 aliphatic rings. The lowest BCUT2D eigenvalue weighted by Gasteiger charge is -2.46. The molecule has 0 radical (unpaired) electrons. The third kappa shape index (κ3) is 4.02. The van der Waals surface area contributed by atoms with Crippen LogP contribution in [0.5, 0.6) is 23.0 Å². The van der Waals surface area contributed by atoms with Crippen LogP contribution in [0.4, 0.5) is 0 Å². The summed E-state index contributed by atoms with van der Waals surface area (Å²) in [7, 11) is 0. The topological polar surface area (TPSA) is 84.2 Å². The van der Waals surface area contributed by atoms with Crippen molar-refractivity contribution in [2.75, 3.05) is 13.1 Å². The Morgan fingerprint density at radius 3 is 2.24 bits per heavy atom. The van der Waals surface area contributed by atoms with Crippen molar-refractivity contribution in [3.05, 3.63) is 125 Å². The summed E-state index contributed by atoms with van der Waals surface area (Å²) >= 11 is 0. The van der Waals surface area contributed by atoms with Crippen molar-refractivity contribution in [1.82, 2.24) is 4.90 Å². The monoisotopic (exact) mass is 491 g/mol. The number of aromatic hydroxyl groups is 4. The van der Waals surface area contributed by atoms with Crippen molar-refractivity contribution in [2.24, 2.45) is 0 Å². The summed E-state index contributed by atoms with van der Waals surface area (Å²) in [6.07, 6.45) is 3.80. The van der Waals surface area contributed by atoms with Crippen molar-refractivity contribution >= 4 is 5.57 Å². The number of hydrogen-bond donors (Lipinski definition) is 4. The van der Waals surface area contributed by atoms with Crippen LogP contribution in [0.2, 0.25) is 0 Å². The summed E-state index contributed by atoms with van der Waals surface area (Å²) in [5.41, 5.74) is 5.31. The molecule has 0 aromatic heterocycles. The Labute approximate surface area is 216 Å². The second kappa shape index (κ2) is 9.02. The van der Waals surface area contributed by atoms with E-state index in [1.807, 2.05) is 42.5 Å². The van der Waals surface area contributed by atoms with Crippen LogP contribution in [0.25, 0.3) is 5.57 Å². The molecule has 6 rings (SSSR count). The molecule has 1 aliphatic carbocycles. The normalized spacial score (nSPS) is 20.8. The summed E-state index contributed by atoms with van der Waals surface area (Å²) in [6, 6.07) is 27.7. The minimum absolute atomic E-state index is 0.0239. The zero-order valence-electron chi connectivity index (χ0n) is 20.4. The van der Waals surface area contributed by atoms with Gasteiger partial charge in [-0.3, -0.25) is 4.90 Å². The van der Waals surface area contributed by atoms with Crippen LogP contribution in [-0.2, 0) is 18.3 Å². The molecule has 0 spiro atoms. The van der Waals surface area contributed by atoms with E-state index in [0.717, 1.165) is 52.8 Å². The third-order valence-corrected chi connectivity index (χ3v) is 7.86. The molecule has 0 unspecified atom stereocenters. The van der Waals surface area contributed by atoms with Gasteiger partial charge >= 0.3 is 0 Å². The predicted octanol–water partition coefficient (Wildman–Crippen LogP) is 5.36. The van der Waals surface area contributed by atoms with Crippen molar-refractivity contribution in [1.29, 1.82) is 0 Å². The maximum atomic E-state index is 11.2. The van der Waals surface area contributed by atoms with Crippen LogP contribution >= 0.6 is 0 Å². The van der Waals surface area contributed by atoms with Gasteiger partial charge in [0, 0.05) is 24.7 Å². The molecule has 186 valence electrons. The maximum absolute atomic E-state index is 11.2. The minimum atomic E-state index is -0.687. The van der Waals surface area contributed by atoms with Crippen molar-refractivity contribution in [3.8, 4) is 23.0 Å². The molecule has 1 heterocycles. The van der Waals surface area contributed by atoms with Crippen LogP contribution in [0.15, 0.2) is 97.1 Å². The Bertz CT molecular complexity index is 1490. The second-order valence-corrected chi connectivity index (χ2v) is 10.1. The van der Waals surface area contributed by atoms with Gasteiger partial charge in [-0.1, -0.05) is 54.6 Å². The average Bonchev–Trinajstić information content (AvgIpc) is 3.25. The Morgan fingerprint density at radius 2 is 1.49 bits per heavy atom. The standard InChI is InChI=1S/C32H29NO4/c34-26-12-10-21(11-13-26)14-15-33-20-24(22-4-1-7-27(35)16-22)19-32(25-6-3-8-28(36)18-25)30(33)17-23-5-2-9-29(37)31(23)32/h1-13,16,18-19,30,34-37H,14-15,17,20H2/t30-,32+/m0/s1.